The van der Waals surface area contributed by atoms with Gasteiger partial charge in [-0.2, -0.15) is 0 Å². The van der Waals surface area contributed by atoms with Crippen LogP contribution in [-0.4, -0.2) is 32.2 Å². The predicted octanol–water partition coefficient (Wildman–Crippen LogP) is 1.05. The van der Waals surface area contributed by atoms with E-state index >= 15 is 0 Å². The van der Waals surface area contributed by atoms with Gasteiger partial charge in [-0.25, -0.2) is 0 Å². The van der Waals surface area contributed by atoms with E-state index < -0.39 is 0 Å². The van der Waals surface area contributed by atoms with Crippen molar-refractivity contribution in [3.05, 3.63) is 0 Å². The topological polar surface area (TPSA) is 64.3 Å². The van der Waals surface area contributed by atoms with Crippen LogP contribution in [0.2, 0.25) is 0 Å². The summed E-state index contributed by atoms with van der Waals surface area (Å²) in [7, 11) is 0. The minimum atomic E-state index is -0.117. The summed E-state index contributed by atoms with van der Waals surface area (Å²) in [6.45, 7) is 4.77. The molecule has 0 atom stereocenters. The first-order chi connectivity index (χ1) is 7.31. The highest BCUT2D eigenvalue weighted by molar-refractivity contribution is 5.69. The van der Waals surface area contributed by atoms with E-state index in [4.69, 9.17) is 10.5 Å². The summed E-state index contributed by atoms with van der Waals surface area (Å²) in [5.41, 5.74) is 5.39. The summed E-state index contributed by atoms with van der Waals surface area (Å²) in [5.74, 6) is -0.117. The number of nitrogens with one attached hydrogen (secondary N) is 1. The van der Waals surface area contributed by atoms with Gasteiger partial charge in [0, 0.05) is 6.54 Å². The molecule has 0 saturated carbocycles. The molecule has 0 radical (unpaired) electrons. The molecular weight excluding hydrogens is 192 g/mol. The van der Waals surface area contributed by atoms with Gasteiger partial charge in [0.1, 0.15) is 0 Å². The Labute approximate surface area is 92.6 Å². The standard InChI is InChI=1S/C11H24N2O2/c1-2-15-11(14)7-10-13-9-6-4-3-5-8-12/h13H,2-10,12H2,1H3. The van der Waals surface area contributed by atoms with Gasteiger partial charge in [0.15, 0.2) is 0 Å². The van der Waals surface area contributed by atoms with Gasteiger partial charge in [-0.3, -0.25) is 4.79 Å². The molecule has 0 aromatic heterocycles. The van der Waals surface area contributed by atoms with E-state index in [1.54, 1.807) is 0 Å². The van der Waals surface area contributed by atoms with Gasteiger partial charge in [0.25, 0.3) is 0 Å². The highest BCUT2D eigenvalue weighted by Crippen LogP contribution is 1.96. The fourth-order valence-corrected chi connectivity index (χ4v) is 1.30. The van der Waals surface area contributed by atoms with Crippen LogP contribution < -0.4 is 11.1 Å². The van der Waals surface area contributed by atoms with E-state index in [-0.39, 0.29) is 5.97 Å². The fraction of sp³-hybridized carbons (Fsp3) is 0.909. The first-order valence-electron chi connectivity index (χ1n) is 5.87. The van der Waals surface area contributed by atoms with Crippen molar-refractivity contribution in [3.63, 3.8) is 0 Å². The molecule has 15 heavy (non-hydrogen) atoms. The lowest BCUT2D eigenvalue weighted by Crippen LogP contribution is -2.20. The number of unbranched alkanes of at least 4 members (excludes halogenated alkanes) is 3. The maximum absolute atomic E-state index is 10.9. The summed E-state index contributed by atoms with van der Waals surface area (Å²) >= 11 is 0. The van der Waals surface area contributed by atoms with Crippen LogP contribution in [0, 0.1) is 0 Å². The van der Waals surface area contributed by atoms with E-state index in [1.807, 2.05) is 6.92 Å². The number of carbonyl (C=O) groups excluding carboxylic acids is 1. The van der Waals surface area contributed by atoms with Crippen LogP contribution in [0.4, 0.5) is 0 Å². The second-order valence-corrected chi connectivity index (χ2v) is 3.51. The molecule has 0 rings (SSSR count). The van der Waals surface area contributed by atoms with Crippen molar-refractivity contribution < 1.29 is 9.53 Å². The Morgan fingerprint density at radius 1 is 1.20 bits per heavy atom. The Hall–Kier alpha value is -0.610. The molecule has 4 heteroatoms. The average molecular weight is 216 g/mol. The van der Waals surface area contributed by atoms with Gasteiger partial charge in [-0.1, -0.05) is 12.8 Å². The van der Waals surface area contributed by atoms with E-state index in [2.05, 4.69) is 5.32 Å². The molecule has 0 aliphatic rings. The van der Waals surface area contributed by atoms with Crippen molar-refractivity contribution in [1.29, 1.82) is 0 Å². The van der Waals surface area contributed by atoms with Gasteiger partial charge < -0.3 is 15.8 Å². The third kappa shape index (κ3) is 11.3. The normalized spacial score (nSPS) is 10.3. The van der Waals surface area contributed by atoms with Crippen molar-refractivity contribution in [2.75, 3.05) is 26.2 Å². The van der Waals surface area contributed by atoms with Crippen LogP contribution in [-0.2, 0) is 9.53 Å². The smallest absolute Gasteiger partial charge is 0.307 e. The molecule has 90 valence electrons. The quantitative estimate of drug-likeness (QED) is 0.423. The highest BCUT2D eigenvalue weighted by Gasteiger charge is 1.99. The molecule has 0 fully saturated rings. The molecule has 0 aliphatic carbocycles. The van der Waals surface area contributed by atoms with Crippen LogP contribution >= 0.6 is 0 Å². The number of esters is 1. The molecule has 0 aromatic rings. The monoisotopic (exact) mass is 216 g/mol. The van der Waals surface area contributed by atoms with E-state index in [0.29, 0.717) is 13.0 Å². The molecule has 0 spiro atoms. The first kappa shape index (κ1) is 14.4. The lowest BCUT2D eigenvalue weighted by Gasteiger charge is -2.04. The lowest BCUT2D eigenvalue weighted by atomic mass is 10.2. The maximum Gasteiger partial charge on any atom is 0.307 e. The number of carbonyl (C=O) groups is 1. The van der Waals surface area contributed by atoms with Gasteiger partial charge >= 0.3 is 5.97 Å². The average Bonchev–Trinajstić information content (AvgIpc) is 2.22. The van der Waals surface area contributed by atoms with Gasteiger partial charge in [0.2, 0.25) is 0 Å². The second kappa shape index (κ2) is 11.5. The number of hydrogen-bond acceptors (Lipinski definition) is 4. The zero-order chi connectivity index (χ0) is 11.4. The molecule has 0 heterocycles. The Morgan fingerprint density at radius 2 is 1.93 bits per heavy atom. The molecule has 4 nitrogen and oxygen atoms in total. The molecule has 0 aromatic carbocycles. The van der Waals surface area contributed by atoms with Crippen LogP contribution in [0.25, 0.3) is 0 Å². The summed E-state index contributed by atoms with van der Waals surface area (Å²) in [4.78, 5) is 10.9. The third-order valence-electron chi connectivity index (χ3n) is 2.12. The molecule has 0 amide bonds. The van der Waals surface area contributed by atoms with Crippen molar-refractivity contribution >= 4 is 5.97 Å². The summed E-state index contributed by atoms with van der Waals surface area (Å²) < 4.78 is 4.81. The Balaban J connectivity index is 3.01. The molecule has 0 saturated heterocycles. The van der Waals surface area contributed by atoms with Gasteiger partial charge in [0.05, 0.1) is 13.0 Å². The van der Waals surface area contributed by atoms with Crippen molar-refractivity contribution in [2.45, 2.75) is 39.0 Å². The molecule has 3 N–H and O–H groups in total. The largest absolute Gasteiger partial charge is 0.466 e. The summed E-state index contributed by atoms with van der Waals surface area (Å²) in [6, 6.07) is 0. The summed E-state index contributed by atoms with van der Waals surface area (Å²) in [6.07, 6.45) is 5.15. The zero-order valence-electron chi connectivity index (χ0n) is 9.76. The fourth-order valence-electron chi connectivity index (χ4n) is 1.30. The van der Waals surface area contributed by atoms with Crippen molar-refractivity contribution in [3.8, 4) is 0 Å². The molecule has 0 unspecified atom stereocenters. The number of hydrogen-bond donors (Lipinski definition) is 2. The third-order valence-corrected chi connectivity index (χ3v) is 2.12. The zero-order valence-corrected chi connectivity index (χ0v) is 9.76. The number of rotatable bonds is 10. The van der Waals surface area contributed by atoms with E-state index in [9.17, 15) is 4.79 Å². The van der Waals surface area contributed by atoms with Crippen molar-refractivity contribution in [1.82, 2.24) is 5.32 Å². The Kier molecular flexibility index (Phi) is 11.0. The van der Waals surface area contributed by atoms with E-state index in [0.717, 1.165) is 32.5 Å². The first-order valence-corrected chi connectivity index (χ1v) is 5.87. The SMILES string of the molecule is CCOC(=O)CCNCCCCCCN. The van der Waals surface area contributed by atoms with Crippen LogP contribution in [0.1, 0.15) is 39.0 Å². The second-order valence-electron chi connectivity index (χ2n) is 3.51. The number of nitrogens with two attached hydrogens (primary N) is 1. The molecular formula is C11H24N2O2. The minimum absolute atomic E-state index is 0.117. The van der Waals surface area contributed by atoms with Crippen LogP contribution in [0.3, 0.4) is 0 Å². The van der Waals surface area contributed by atoms with Crippen LogP contribution in [0.5, 0.6) is 0 Å². The molecule has 0 aliphatic heterocycles. The van der Waals surface area contributed by atoms with Gasteiger partial charge in [-0.05, 0) is 32.9 Å². The lowest BCUT2D eigenvalue weighted by molar-refractivity contribution is -0.142. The predicted molar refractivity (Wildman–Crippen MR) is 61.6 cm³/mol. The molecule has 0 bridgehead atoms. The minimum Gasteiger partial charge on any atom is -0.466 e. The maximum atomic E-state index is 10.9. The number of ether oxygens (including phenoxy) is 1. The van der Waals surface area contributed by atoms with Crippen LogP contribution in [0.15, 0.2) is 0 Å². The van der Waals surface area contributed by atoms with Gasteiger partial charge in [-0.15, -0.1) is 0 Å². The summed E-state index contributed by atoms with van der Waals surface area (Å²) in [5, 5.41) is 3.22. The van der Waals surface area contributed by atoms with E-state index in [1.165, 1.54) is 12.8 Å². The van der Waals surface area contributed by atoms with Crippen molar-refractivity contribution in [2.24, 2.45) is 5.73 Å². The Bertz CT molecular complexity index is 152. The highest BCUT2D eigenvalue weighted by atomic mass is 16.5. The Morgan fingerprint density at radius 3 is 2.60 bits per heavy atom.